The molecule has 4 nitrogen and oxygen atoms in total. The van der Waals surface area contributed by atoms with Crippen LogP contribution in [-0.2, 0) is 11.3 Å². The van der Waals surface area contributed by atoms with Gasteiger partial charge in [-0.2, -0.15) is 0 Å². The molecule has 0 atom stereocenters. The molecule has 0 radical (unpaired) electrons. The third kappa shape index (κ3) is 3.99. The maximum absolute atomic E-state index is 12.4. The van der Waals surface area contributed by atoms with Crippen molar-refractivity contribution in [3.05, 3.63) is 58.1 Å². The van der Waals surface area contributed by atoms with E-state index in [1.165, 1.54) is 5.56 Å². The van der Waals surface area contributed by atoms with E-state index >= 15 is 0 Å². The van der Waals surface area contributed by atoms with Crippen molar-refractivity contribution in [3.8, 4) is 5.75 Å². The van der Waals surface area contributed by atoms with Crippen LogP contribution in [0.2, 0.25) is 0 Å². The van der Waals surface area contributed by atoms with Crippen LogP contribution in [0.1, 0.15) is 21.7 Å². The molecule has 3 aromatic rings. The average Bonchev–Trinajstić information content (AvgIpc) is 2.95. The summed E-state index contributed by atoms with van der Waals surface area (Å²) in [6.45, 7) is 6.59. The van der Waals surface area contributed by atoms with Crippen molar-refractivity contribution in [1.82, 2.24) is 9.88 Å². The summed E-state index contributed by atoms with van der Waals surface area (Å²) in [7, 11) is 1.78. The summed E-state index contributed by atoms with van der Waals surface area (Å²) in [5, 5.41) is 0.930. The highest BCUT2D eigenvalue weighted by Gasteiger charge is 2.14. The van der Waals surface area contributed by atoms with Crippen LogP contribution >= 0.6 is 11.3 Å². The van der Waals surface area contributed by atoms with E-state index in [2.05, 4.69) is 24.0 Å². The first kappa shape index (κ1) is 17.4. The Hall–Kier alpha value is -2.40. The minimum Gasteiger partial charge on any atom is -0.483 e. The Morgan fingerprint density at radius 2 is 1.84 bits per heavy atom. The second-order valence-electron chi connectivity index (χ2n) is 6.34. The summed E-state index contributed by atoms with van der Waals surface area (Å²) >= 11 is 1.62. The molecule has 1 amide bonds. The molecule has 0 aliphatic heterocycles. The molecular formula is C20H22N2O2S. The Morgan fingerprint density at radius 1 is 1.16 bits per heavy atom. The van der Waals surface area contributed by atoms with Crippen molar-refractivity contribution in [2.24, 2.45) is 0 Å². The fourth-order valence-corrected chi connectivity index (χ4v) is 3.94. The van der Waals surface area contributed by atoms with Crippen molar-refractivity contribution < 1.29 is 9.53 Å². The molecule has 0 unspecified atom stereocenters. The number of hydrogen-bond donors (Lipinski definition) is 0. The number of carbonyl (C=O) groups is 1. The van der Waals surface area contributed by atoms with Gasteiger partial charge < -0.3 is 9.64 Å². The maximum Gasteiger partial charge on any atom is 0.260 e. The van der Waals surface area contributed by atoms with Crippen LogP contribution in [0.15, 0.2) is 36.4 Å². The van der Waals surface area contributed by atoms with Gasteiger partial charge in [-0.25, -0.2) is 4.98 Å². The molecular weight excluding hydrogens is 332 g/mol. The molecule has 0 saturated heterocycles. The fraction of sp³-hybridized carbons (Fsp3) is 0.300. The highest BCUT2D eigenvalue weighted by Crippen LogP contribution is 2.25. The van der Waals surface area contributed by atoms with Crippen molar-refractivity contribution in [1.29, 1.82) is 0 Å². The molecule has 0 bridgehead atoms. The lowest BCUT2D eigenvalue weighted by atomic mass is 10.1. The van der Waals surface area contributed by atoms with Gasteiger partial charge in [0.25, 0.3) is 5.91 Å². The number of fused-ring (bicyclic) bond motifs is 1. The smallest absolute Gasteiger partial charge is 0.260 e. The van der Waals surface area contributed by atoms with Crippen molar-refractivity contribution in [3.63, 3.8) is 0 Å². The van der Waals surface area contributed by atoms with E-state index in [0.717, 1.165) is 32.1 Å². The molecule has 2 aromatic carbocycles. The Kier molecular flexibility index (Phi) is 5.04. The zero-order chi connectivity index (χ0) is 18.0. The van der Waals surface area contributed by atoms with E-state index in [4.69, 9.17) is 4.74 Å². The zero-order valence-corrected chi connectivity index (χ0v) is 15.8. The SMILES string of the molecule is Cc1cc(C)c(OCC(=O)N(C)Cc2nc3ccccc3s2)c(C)c1. The zero-order valence-electron chi connectivity index (χ0n) is 15.0. The van der Waals surface area contributed by atoms with E-state index in [0.29, 0.717) is 6.54 Å². The molecule has 0 fully saturated rings. The Bertz CT molecular complexity index is 861. The Balaban J connectivity index is 1.63. The Morgan fingerprint density at radius 3 is 2.52 bits per heavy atom. The normalized spacial score (nSPS) is 10.9. The lowest BCUT2D eigenvalue weighted by Crippen LogP contribution is -2.31. The minimum absolute atomic E-state index is 0.0339. The lowest BCUT2D eigenvalue weighted by molar-refractivity contribution is -0.132. The van der Waals surface area contributed by atoms with Gasteiger partial charge in [-0.15, -0.1) is 11.3 Å². The monoisotopic (exact) mass is 354 g/mol. The third-order valence-corrected chi connectivity index (χ3v) is 5.10. The van der Waals surface area contributed by atoms with E-state index in [9.17, 15) is 4.79 Å². The largest absolute Gasteiger partial charge is 0.483 e. The number of aryl methyl sites for hydroxylation is 3. The average molecular weight is 354 g/mol. The van der Waals surface area contributed by atoms with Crippen LogP contribution < -0.4 is 4.74 Å². The van der Waals surface area contributed by atoms with Gasteiger partial charge in [-0.3, -0.25) is 4.79 Å². The highest BCUT2D eigenvalue weighted by atomic mass is 32.1. The number of likely N-dealkylation sites (N-methyl/N-ethyl adjacent to an activating group) is 1. The number of rotatable bonds is 5. The van der Waals surface area contributed by atoms with E-state index < -0.39 is 0 Å². The number of nitrogens with zero attached hydrogens (tertiary/aromatic N) is 2. The minimum atomic E-state index is -0.0568. The van der Waals surface area contributed by atoms with Crippen LogP contribution in [0.25, 0.3) is 10.2 Å². The number of hydrogen-bond acceptors (Lipinski definition) is 4. The predicted octanol–water partition coefficient (Wildman–Crippen LogP) is 4.26. The first-order valence-corrected chi connectivity index (χ1v) is 9.05. The number of aromatic nitrogens is 1. The molecule has 0 aliphatic rings. The number of para-hydroxylation sites is 1. The summed E-state index contributed by atoms with van der Waals surface area (Å²) in [6.07, 6.45) is 0. The van der Waals surface area contributed by atoms with Gasteiger partial charge in [-0.1, -0.05) is 29.8 Å². The molecule has 25 heavy (non-hydrogen) atoms. The van der Waals surface area contributed by atoms with Crippen LogP contribution in [-0.4, -0.2) is 29.4 Å². The lowest BCUT2D eigenvalue weighted by Gasteiger charge is -2.18. The molecule has 3 rings (SSSR count). The van der Waals surface area contributed by atoms with Crippen molar-refractivity contribution in [2.45, 2.75) is 27.3 Å². The first-order chi connectivity index (χ1) is 11.9. The van der Waals surface area contributed by atoms with Crippen LogP contribution in [0, 0.1) is 20.8 Å². The third-order valence-electron chi connectivity index (χ3n) is 4.08. The number of ether oxygens (including phenoxy) is 1. The van der Waals surface area contributed by atoms with Gasteiger partial charge in [-0.05, 0) is 44.0 Å². The van der Waals surface area contributed by atoms with Gasteiger partial charge in [0.15, 0.2) is 6.61 Å². The highest BCUT2D eigenvalue weighted by molar-refractivity contribution is 7.18. The van der Waals surface area contributed by atoms with Crippen LogP contribution in [0.5, 0.6) is 5.75 Å². The molecule has 0 aliphatic carbocycles. The molecule has 1 heterocycles. The van der Waals surface area contributed by atoms with Gasteiger partial charge in [0.2, 0.25) is 0 Å². The van der Waals surface area contributed by atoms with Crippen molar-refractivity contribution in [2.75, 3.05) is 13.7 Å². The summed E-state index contributed by atoms with van der Waals surface area (Å²) in [4.78, 5) is 18.6. The number of thiazole rings is 1. The second kappa shape index (κ2) is 7.23. The fourth-order valence-electron chi connectivity index (χ4n) is 2.92. The van der Waals surface area contributed by atoms with E-state index in [-0.39, 0.29) is 12.5 Å². The summed E-state index contributed by atoms with van der Waals surface area (Å²) in [6, 6.07) is 12.1. The van der Waals surface area contributed by atoms with Gasteiger partial charge in [0.05, 0.1) is 16.8 Å². The summed E-state index contributed by atoms with van der Waals surface area (Å²) in [5.41, 5.74) is 4.28. The van der Waals surface area contributed by atoms with Crippen LogP contribution in [0.3, 0.4) is 0 Å². The van der Waals surface area contributed by atoms with Crippen molar-refractivity contribution >= 4 is 27.5 Å². The molecule has 5 heteroatoms. The van der Waals surface area contributed by atoms with Gasteiger partial charge in [0.1, 0.15) is 10.8 Å². The summed E-state index contributed by atoms with van der Waals surface area (Å²) < 4.78 is 6.93. The van der Waals surface area contributed by atoms with E-state index in [1.54, 1.807) is 23.3 Å². The number of benzene rings is 2. The molecule has 0 saturated carbocycles. The standard InChI is InChI=1S/C20H22N2O2S/c1-13-9-14(2)20(15(3)10-13)24-12-19(23)22(4)11-18-21-16-7-5-6-8-17(16)25-18/h5-10H,11-12H2,1-4H3. The van der Waals surface area contributed by atoms with Gasteiger partial charge >= 0.3 is 0 Å². The Labute approximate surface area is 152 Å². The number of carbonyl (C=O) groups excluding carboxylic acids is 1. The molecule has 0 spiro atoms. The predicted molar refractivity (Wildman–Crippen MR) is 102 cm³/mol. The van der Waals surface area contributed by atoms with Gasteiger partial charge in [0, 0.05) is 7.05 Å². The number of amides is 1. The van der Waals surface area contributed by atoms with E-state index in [1.807, 2.05) is 38.1 Å². The molecule has 1 aromatic heterocycles. The first-order valence-electron chi connectivity index (χ1n) is 8.23. The van der Waals surface area contributed by atoms with Crippen LogP contribution in [0.4, 0.5) is 0 Å². The topological polar surface area (TPSA) is 42.4 Å². The summed E-state index contributed by atoms with van der Waals surface area (Å²) in [5.74, 6) is 0.742. The maximum atomic E-state index is 12.4. The molecule has 0 N–H and O–H groups in total. The molecule has 130 valence electrons. The second-order valence-corrected chi connectivity index (χ2v) is 7.46. The quantitative estimate of drug-likeness (QED) is 0.687.